The molecule has 0 aliphatic heterocycles. The average Bonchev–Trinajstić information content (AvgIpc) is 2.44. The maximum atomic E-state index is 12.3. The number of benzene rings is 1. The van der Waals surface area contributed by atoms with Crippen molar-refractivity contribution >= 4 is 5.97 Å². The van der Waals surface area contributed by atoms with Crippen molar-refractivity contribution in [2.45, 2.75) is 33.0 Å². The lowest BCUT2D eigenvalue weighted by atomic mass is 10.2. The Bertz CT molecular complexity index is 468. The Hall–Kier alpha value is -1.89. The van der Waals surface area contributed by atoms with E-state index in [-0.39, 0.29) is 17.5 Å². The van der Waals surface area contributed by atoms with E-state index in [1.807, 2.05) is 0 Å². The van der Waals surface area contributed by atoms with E-state index < -0.39 is 12.7 Å². The van der Waals surface area contributed by atoms with Crippen LogP contribution in [0.15, 0.2) is 18.2 Å². The molecule has 0 aliphatic rings. The van der Waals surface area contributed by atoms with Crippen LogP contribution in [0.3, 0.4) is 0 Å². The van der Waals surface area contributed by atoms with Crippen molar-refractivity contribution in [2.24, 2.45) is 0 Å². The Morgan fingerprint density at radius 1 is 1.33 bits per heavy atom. The quantitative estimate of drug-likeness (QED) is 0.747. The van der Waals surface area contributed by atoms with Crippen molar-refractivity contribution in [2.75, 3.05) is 13.7 Å². The minimum Gasteiger partial charge on any atom is -0.493 e. The Labute approximate surface area is 122 Å². The number of alkyl halides is 2. The van der Waals surface area contributed by atoms with Crippen LogP contribution in [0.1, 0.15) is 19.4 Å². The van der Waals surface area contributed by atoms with Gasteiger partial charge in [0.15, 0.2) is 11.5 Å². The highest BCUT2D eigenvalue weighted by molar-refractivity contribution is 5.75. The summed E-state index contributed by atoms with van der Waals surface area (Å²) in [5.41, 5.74) is 0.683. The predicted molar refractivity (Wildman–Crippen MR) is 72.6 cm³/mol. The third kappa shape index (κ3) is 5.55. The van der Waals surface area contributed by atoms with Gasteiger partial charge >= 0.3 is 12.6 Å². The molecule has 1 N–H and O–H groups in total. The summed E-state index contributed by atoms with van der Waals surface area (Å²) in [6.45, 7) is 1.07. The number of carbonyl (C=O) groups is 1. The fraction of sp³-hybridized carbons (Fsp3) is 0.500. The average molecular weight is 303 g/mol. The molecule has 118 valence electrons. The van der Waals surface area contributed by atoms with Gasteiger partial charge in [0.25, 0.3) is 0 Å². The fourth-order valence-electron chi connectivity index (χ4n) is 1.64. The summed E-state index contributed by atoms with van der Waals surface area (Å²) in [6, 6.07) is 4.17. The molecule has 1 unspecified atom stereocenters. The van der Waals surface area contributed by atoms with Gasteiger partial charge in [0.05, 0.1) is 13.7 Å². The van der Waals surface area contributed by atoms with Crippen molar-refractivity contribution in [3.05, 3.63) is 23.8 Å². The zero-order valence-electron chi connectivity index (χ0n) is 12.2. The summed E-state index contributed by atoms with van der Waals surface area (Å²) >= 11 is 0. The summed E-state index contributed by atoms with van der Waals surface area (Å²) in [5, 5.41) is 2.94. The molecule has 1 rings (SSSR count). The Morgan fingerprint density at radius 3 is 2.62 bits per heavy atom. The molecule has 0 saturated carbocycles. The molecule has 5 nitrogen and oxygen atoms in total. The predicted octanol–water partition coefficient (Wildman–Crippen LogP) is 2.34. The number of hydrogen-bond acceptors (Lipinski definition) is 5. The van der Waals surface area contributed by atoms with Crippen molar-refractivity contribution in [3.63, 3.8) is 0 Å². The minimum absolute atomic E-state index is 0.0458. The Kier molecular flexibility index (Phi) is 6.87. The monoisotopic (exact) mass is 303 g/mol. The molecule has 1 aromatic carbocycles. The Balaban J connectivity index is 2.69. The zero-order valence-corrected chi connectivity index (χ0v) is 12.2. The number of carbonyl (C=O) groups excluding carboxylic acids is 1. The van der Waals surface area contributed by atoms with Crippen LogP contribution in [0.4, 0.5) is 8.78 Å². The smallest absolute Gasteiger partial charge is 0.387 e. The van der Waals surface area contributed by atoms with Gasteiger partial charge in [-0.3, -0.25) is 4.79 Å². The van der Waals surface area contributed by atoms with Gasteiger partial charge in [0.1, 0.15) is 6.04 Å². The van der Waals surface area contributed by atoms with Crippen LogP contribution < -0.4 is 14.8 Å². The third-order valence-electron chi connectivity index (χ3n) is 2.70. The van der Waals surface area contributed by atoms with E-state index >= 15 is 0 Å². The molecular formula is C14H19F2NO4. The second kappa shape index (κ2) is 8.41. The van der Waals surface area contributed by atoms with Crippen LogP contribution >= 0.6 is 0 Å². The number of methoxy groups -OCH3 is 1. The van der Waals surface area contributed by atoms with E-state index in [0.29, 0.717) is 18.7 Å². The highest BCUT2D eigenvalue weighted by atomic mass is 19.3. The normalized spacial score (nSPS) is 12.1. The summed E-state index contributed by atoms with van der Waals surface area (Å²) in [7, 11) is 1.37. The lowest BCUT2D eigenvalue weighted by molar-refractivity contribution is -0.145. The molecule has 1 atom stereocenters. The van der Waals surface area contributed by atoms with E-state index in [1.54, 1.807) is 19.9 Å². The summed E-state index contributed by atoms with van der Waals surface area (Å²) < 4.78 is 38.8. The van der Waals surface area contributed by atoms with Gasteiger partial charge < -0.3 is 19.5 Å². The van der Waals surface area contributed by atoms with E-state index in [4.69, 9.17) is 9.47 Å². The summed E-state index contributed by atoms with van der Waals surface area (Å²) in [4.78, 5) is 11.4. The highest BCUT2D eigenvalue weighted by Gasteiger charge is 2.14. The largest absolute Gasteiger partial charge is 0.493 e. The fourth-order valence-corrected chi connectivity index (χ4v) is 1.64. The first kappa shape index (κ1) is 17.2. The summed E-state index contributed by atoms with van der Waals surface area (Å²) in [6.07, 6.45) is 0. The molecule has 0 heterocycles. The SMILES string of the molecule is CCOC(=O)C(C)NCc1ccc(OC)c(OC(F)F)c1. The van der Waals surface area contributed by atoms with Crippen LogP contribution in [0.5, 0.6) is 11.5 Å². The van der Waals surface area contributed by atoms with E-state index in [0.717, 1.165) is 0 Å². The van der Waals surface area contributed by atoms with Crippen LogP contribution in [-0.4, -0.2) is 32.3 Å². The number of hydrogen-bond donors (Lipinski definition) is 1. The molecule has 1 aromatic rings. The molecule has 0 saturated heterocycles. The van der Waals surface area contributed by atoms with E-state index in [2.05, 4.69) is 10.1 Å². The molecule has 0 radical (unpaired) electrons. The van der Waals surface area contributed by atoms with Gasteiger partial charge in [0, 0.05) is 6.54 Å². The molecule has 0 amide bonds. The molecule has 0 aromatic heterocycles. The van der Waals surface area contributed by atoms with Gasteiger partial charge in [0.2, 0.25) is 0 Å². The van der Waals surface area contributed by atoms with Crippen molar-refractivity contribution in [1.29, 1.82) is 0 Å². The van der Waals surface area contributed by atoms with E-state index in [1.165, 1.54) is 19.2 Å². The first-order valence-electron chi connectivity index (χ1n) is 6.49. The highest BCUT2D eigenvalue weighted by Crippen LogP contribution is 2.29. The maximum Gasteiger partial charge on any atom is 0.387 e. The maximum absolute atomic E-state index is 12.3. The van der Waals surface area contributed by atoms with Gasteiger partial charge in [-0.05, 0) is 31.5 Å². The van der Waals surface area contributed by atoms with Crippen molar-refractivity contribution in [1.82, 2.24) is 5.32 Å². The molecule has 0 fully saturated rings. The number of esters is 1. The molecule has 0 aliphatic carbocycles. The van der Waals surface area contributed by atoms with E-state index in [9.17, 15) is 13.6 Å². The number of nitrogens with one attached hydrogen (secondary N) is 1. The van der Waals surface area contributed by atoms with Crippen LogP contribution in [0.25, 0.3) is 0 Å². The summed E-state index contributed by atoms with van der Waals surface area (Å²) in [5.74, 6) is -0.192. The van der Waals surface area contributed by atoms with Gasteiger partial charge in [-0.1, -0.05) is 6.07 Å². The van der Waals surface area contributed by atoms with Gasteiger partial charge in [-0.2, -0.15) is 8.78 Å². The third-order valence-corrected chi connectivity index (χ3v) is 2.70. The molecule has 7 heteroatoms. The number of rotatable bonds is 8. The Morgan fingerprint density at radius 2 is 2.05 bits per heavy atom. The molecule has 0 spiro atoms. The van der Waals surface area contributed by atoms with Crippen LogP contribution in [0, 0.1) is 0 Å². The lowest BCUT2D eigenvalue weighted by Crippen LogP contribution is -2.34. The number of ether oxygens (including phenoxy) is 3. The number of halogens is 2. The molecular weight excluding hydrogens is 284 g/mol. The van der Waals surface area contributed by atoms with Crippen LogP contribution in [-0.2, 0) is 16.1 Å². The van der Waals surface area contributed by atoms with Crippen LogP contribution in [0.2, 0.25) is 0 Å². The minimum atomic E-state index is -2.93. The topological polar surface area (TPSA) is 56.8 Å². The van der Waals surface area contributed by atoms with Gasteiger partial charge in [-0.25, -0.2) is 0 Å². The zero-order chi connectivity index (χ0) is 15.8. The second-order valence-corrected chi connectivity index (χ2v) is 4.22. The molecule has 21 heavy (non-hydrogen) atoms. The van der Waals surface area contributed by atoms with Crippen molar-refractivity contribution in [3.8, 4) is 11.5 Å². The second-order valence-electron chi connectivity index (χ2n) is 4.22. The first-order chi connectivity index (χ1) is 9.97. The van der Waals surface area contributed by atoms with Crippen molar-refractivity contribution < 1.29 is 27.8 Å². The van der Waals surface area contributed by atoms with Gasteiger partial charge in [-0.15, -0.1) is 0 Å². The lowest BCUT2D eigenvalue weighted by Gasteiger charge is -2.14. The molecule has 0 bridgehead atoms. The standard InChI is InChI=1S/C14H19F2NO4/c1-4-20-13(18)9(2)17-8-10-5-6-11(19-3)12(7-10)21-14(15)16/h5-7,9,14,17H,4,8H2,1-3H3. The first-order valence-corrected chi connectivity index (χ1v) is 6.49.